The lowest BCUT2D eigenvalue weighted by atomic mass is 10.0. The summed E-state index contributed by atoms with van der Waals surface area (Å²) in [6, 6.07) is -0.538. The highest BCUT2D eigenvalue weighted by Crippen LogP contribution is 2.13. The third kappa shape index (κ3) is 24.6. The standard InChI is InChI=1S/C32H61NO3/c1-3-5-7-9-11-13-15-16-17-18-20-22-24-26-28-32(36)33-30(29-34)31(35)27-25-23-21-19-14-12-10-8-6-4-2/h9,11,15-16,30-31,34-35H,3-8,10,12-14,17-29H2,1-2H3,(H,33,36)/b11-9-,16-15-. The first-order valence-corrected chi connectivity index (χ1v) is 15.5. The number of nitrogens with one attached hydrogen (secondary N) is 1. The third-order valence-electron chi connectivity index (χ3n) is 6.97. The fourth-order valence-corrected chi connectivity index (χ4v) is 4.49. The van der Waals surface area contributed by atoms with Crippen LogP contribution in [0.3, 0.4) is 0 Å². The van der Waals surface area contributed by atoms with Gasteiger partial charge >= 0.3 is 0 Å². The summed E-state index contributed by atoms with van der Waals surface area (Å²) in [5, 5.41) is 22.9. The van der Waals surface area contributed by atoms with E-state index < -0.39 is 12.1 Å². The molecule has 3 N–H and O–H groups in total. The molecule has 1 amide bonds. The van der Waals surface area contributed by atoms with Crippen molar-refractivity contribution >= 4 is 5.91 Å². The van der Waals surface area contributed by atoms with Gasteiger partial charge in [-0.05, 0) is 38.5 Å². The summed E-state index contributed by atoms with van der Waals surface area (Å²) >= 11 is 0. The summed E-state index contributed by atoms with van der Waals surface area (Å²) in [4.78, 5) is 12.2. The van der Waals surface area contributed by atoms with Crippen molar-refractivity contribution in [3.05, 3.63) is 24.3 Å². The molecule has 4 heteroatoms. The largest absolute Gasteiger partial charge is 0.394 e. The molecule has 0 aromatic carbocycles. The first-order chi connectivity index (χ1) is 17.7. The molecule has 212 valence electrons. The number of aliphatic hydroxyl groups excluding tert-OH is 2. The second kappa shape index (κ2) is 28.4. The van der Waals surface area contributed by atoms with Crippen LogP contribution >= 0.6 is 0 Å². The van der Waals surface area contributed by atoms with E-state index in [1.807, 2.05) is 0 Å². The molecule has 0 fully saturated rings. The maximum Gasteiger partial charge on any atom is 0.220 e. The molecule has 0 bridgehead atoms. The Kier molecular flexibility index (Phi) is 27.5. The molecule has 0 radical (unpaired) electrons. The fraction of sp³-hybridized carbons (Fsp3) is 0.844. The van der Waals surface area contributed by atoms with Gasteiger partial charge in [0.25, 0.3) is 0 Å². The van der Waals surface area contributed by atoms with Gasteiger partial charge in [-0.1, -0.05) is 134 Å². The van der Waals surface area contributed by atoms with E-state index >= 15 is 0 Å². The molecule has 2 unspecified atom stereocenters. The molecule has 0 rings (SSSR count). The number of carbonyl (C=O) groups is 1. The number of rotatable bonds is 27. The first kappa shape index (κ1) is 34.9. The van der Waals surface area contributed by atoms with E-state index in [-0.39, 0.29) is 12.5 Å². The Labute approximate surface area is 224 Å². The van der Waals surface area contributed by atoms with Crippen LogP contribution in [0.2, 0.25) is 0 Å². The van der Waals surface area contributed by atoms with Crippen LogP contribution in [0.5, 0.6) is 0 Å². The minimum absolute atomic E-state index is 0.0499. The lowest BCUT2D eigenvalue weighted by Crippen LogP contribution is -2.45. The van der Waals surface area contributed by atoms with Crippen LogP contribution in [-0.4, -0.2) is 34.9 Å². The van der Waals surface area contributed by atoms with Crippen LogP contribution in [0.4, 0.5) is 0 Å². The molecular formula is C32H61NO3. The Morgan fingerprint density at radius 3 is 1.75 bits per heavy atom. The normalized spacial score (nSPS) is 13.6. The number of hydrogen-bond acceptors (Lipinski definition) is 3. The molecule has 0 aliphatic rings. The molecule has 36 heavy (non-hydrogen) atoms. The Hall–Kier alpha value is -1.13. The summed E-state index contributed by atoms with van der Waals surface area (Å²) in [5.74, 6) is -0.0499. The lowest BCUT2D eigenvalue weighted by Gasteiger charge is -2.22. The molecule has 2 atom stereocenters. The minimum Gasteiger partial charge on any atom is -0.394 e. The predicted octanol–water partition coefficient (Wildman–Crippen LogP) is 8.56. The molecule has 0 aliphatic carbocycles. The van der Waals surface area contributed by atoms with E-state index in [9.17, 15) is 15.0 Å². The molecule has 0 aromatic heterocycles. The van der Waals surface area contributed by atoms with Crippen molar-refractivity contribution in [3.63, 3.8) is 0 Å². The van der Waals surface area contributed by atoms with Crippen molar-refractivity contribution in [2.45, 2.75) is 167 Å². The number of allylic oxidation sites excluding steroid dienone is 4. The van der Waals surface area contributed by atoms with Gasteiger partial charge in [0.15, 0.2) is 0 Å². The molecule has 0 heterocycles. The molecule has 0 spiro atoms. The van der Waals surface area contributed by atoms with Gasteiger partial charge in [0.2, 0.25) is 5.91 Å². The van der Waals surface area contributed by atoms with Crippen molar-refractivity contribution in [2.75, 3.05) is 6.61 Å². The molecular weight excluding hydrogens is 446 g/mol. The number of amides is 1. The van der Waals surface area contributed by atoms with Gasteiger partial charge in [-0.25, -0.2) is 0 Å². The maximum absolute atomic E-state index is 12.2. The van der Waals surface area contributed by atoms with Gasteiger partial charge in [0.1, 0.15) is 0 Å². The van der Waals surface area contributed by atoms with Crippen molar-refractivity contribution in [1.82, 2.24) is 5.32 Å². The van der Waals surface area contributed by atoms with Crippen LogP contribution in [0, 0.1) is 0 Å². The van der Waals surface area contributed by atoms with Crippen LogP contribution in [0.1, 0.15) is 155 Å². The van der Waals surface area contributed by atoms with Crippen LogP contribution in [0.15, 0.2) is 24.3 Å². The lowest BCUT2D eigenvalue weighted by molar-refractivity contribution is -0.123. The smallest absolute Gasteiger partial charge is 0.220 e. The zero-order valence-electron chi connectivity index (χ0n) is 24.0. The molecule has 0 aromatic rings. The minimum atomic E-state index is -0.659. The summed E-state index contributed by atoms with van der Waals surface area (Å²) in [6.07, 6.45) is 33.6. The molecule has 0 aliphatic heterocycles. The van der Waals surface area contributed by atoms with Crippen molar-refractivity contribution in [2.24, 2.45) is 0 Å². The van der Waals surface area contributed by atoms with Crippen LogP contribution in [-0.2, 0) is 4.79 Å². The topological polar surface area (TPSA) is 69.6 Å². The van der Waals surface area contributed by atoms with Crippen LogP contribution in [0.25, 0.3) is 0 Å². The zero-order valence-corrected chi connectivity index (χ0v) is 24.0. The summed E-state index contributed by atoms with van der Waals surface area (Å²) in [6.45, 7) is 4.27. The summed E-state index contributed by atoms with van der Waals surface area (Å²) in [7, 11) is 0. The van der Waals surface area contributed by atoms with E-state index in [1.165, 1.54) is 83.5 Å². The molecule has 0 saturated heterocycles. The van der Waals surface area contributed by atoms with E-state index in [4.69, 9.17) is 0 Å². The Balaban J connectivity index is 3.65. The van der Waals surface area contributed by atoms with Crippen molar-refractivity contribution in [3.8, 4) is 0 Å². The van der Waals surface area contributed by atoms with Gasteiger partial charge in [-0.15, -0.1) is 0 Å². The van der Waals surface area contributed by atoms with E-state index in [2.05, 4.69) is 43.5 Å². The molecule has 0 saturated carbocycles. The highest BCUT2D eigenvalue weighted by atomic mass is 16.3. The SMILES string of the molecule is CCCC/C=C\C/C=C\CCCCCCCC(=O)NC(CO)C(O)CCCCCCCCCCCC. The number of unbranched alkanes of at least 4 members (excludes halogenated alkanes) is 16. The third-order valence-corrected chi connectivity index (χ3v) is 6.97. The predicted molar refractivity (Wildman–Crippen MR) is 156 cm³/mol. The number of aliphatic hydroxyl groups is 2. The average molecular weight is 508 g/mol. The maximum atomic E-state index is 12.2. The van der Waals surface area contributed by atoms with Gasteiger partial charge in [0.05, 0.1) is 18.8 Å². The summed E-state index contributed by atoms with van der Waals surface area (Å²) in [5.41, 5.74) is 0. The number of hydrogen-bond donors (Lipinski definition) is 3. The van der Waals surface area contributed by atoms with Gasteiger partial charge in [-0.2, -0.15) is 0 Å². The van der Waals surface area contributed by atoms with Crippen molar-refractivity contribution in [1.29, 1.82) is 0 Å². The van der Waals surface area contributed by atoms with Gasteiger partial charge in [0, 0.05) is 6.42 Å². The molecule has 4 nitrogen and oxygen atoms in total. The quantitative estimate of drug-likeness (QED) is 0.0770. The van der Waals surface area contributed by atoms with Crippen LogP contribution < -0.4 is 5.32 Å². The highest BCUT2D eigenvalue weighted by Gasteiger charge is 2.19. The van der Waals surface area contributed by atoms with Crippen molar-refractivity contribution < 1.29 is 15.0 Å². The number of carbonyl (C=O) groups excluding carboxylic acids is 1. The second-order valence-electron chi connectivity index (χ2n) is 10.5. The fourth-order valence-electron chi connectivity index (χ4n) is 4.49. The Bertz CT molecular complexity index is 518. The Morgan fingerprint density at radius 2 is 1.17 bits per heavy atom. The van der Waals surface area contributed by atoms with E-state index in [0.717, 1.165) is 44.9 Å². The average Bonchev–Trinajstić information content (AvgIpc) is 2.88. The second-order valence-corrected chi connectivity index (χ2v) is 10.5. The first-order valence-electron chi connectivity index (χ1n) is 15.5. The monoisotopic (exact) mass is 507 g/mol. The zero-order chi connectivity index (χ0) is 26.5. The van der Waals surface area contributed by atoms with E-state index in [1.54, 1.807) is 0 Å². The van der Waals surface area contributed by atoms with Gasteiger partial charge < -0.3 is 15.5 Å². The summed E-state index contributed by atoms with van der Waals surface area (Å²) < 4.78 is 0. The van der Waals surface area contributed by atoms with E-state index in [0.29, 0.717) is 12.8 Å². The highest BCUT2D eigenvalue weighted by molar-refractivity contribution is 5.76. The Morgan fingerprint density at radius 1 is 0.667 bits per heavy atom. The van der Waals surface area contributed by atoms with Gasteiger partial charge in [-0.3, -0.25) is 4.79 Å².